The van der Waals surface area contributed by atoms with Gasteiger partial charge in [-0.3, -0.25) is 0 Å². The maximum Gasteiger partial charge on any atom is 0.171 e. The molecule has 4 heteroatoms. The molecule has 4 nitrogen and oxygen atoms in total. The molecule has 0 aliphatic carbocycles. The summed E-state index contributed by atoms with van der Waals surface area (Å²) in [5.41, 5.74) is 0. The molecule has 1 saturated heterocycles. The van der Waals surface area contributed by atoms with Gasteiger partial charge in [0, 0.05) is 25.8 Å². The normalized spacial score (nSPS) is 25.4. The Balaban J connectivity index is 1.93. The van der Waals surface area contributed by atoms with E-state index in [0.29, 0.717) is 6.04 Å². The largest absolute Gasteiger partial charge is 0.488 e. The Morgan fingerprint density at radius 2 is 2.40 bits per heavy atom. The van der Waals surface area contributed by atoms with E-state index in [9.17, 15) is 0 Å². The molecule has 0 bridgehead atoms. The van der Waals surface area contributed by atoms with Crippen molar-refractivity contribution in [2.24, 2.45) is 0 Å². The number of nitrogens with zero attached hydrogens (tertiary/aromatic N) is 3. The van der Waals surface area contributed by atoms with E-state index in [1.165, 1.54) is 0 Å². The van der Waals surface area contributed by atoms with Crippen LogP contribution >= 0.6 is 0 Å². The molecule has 0 amide bonds. The number of hydrogen-bond acceptors (Lipinski definition) is 4. The zero-order valence-corrected chi connectivity index (χ0v) is 8.89. The van der Waals surface area contributed by atoms with Gasteiger partial charge in [-0.15, -0.1) is 0 Å². The third kappa shape index (κ3) is 1.45. The Morgan fingerprint density at radius 1 is 1.47 bits per heavy atom. The first-order chi connectivity index (χ1) is 7.34. The van der Waals surface area contributed by atoms with Gasteiger partial charge in [-0.1, -0.05) is 0 Å². The number of piperazine rings is 1. The minimum Gasteiger partial charge on any atom is -0.488 e. The van der Waals surface area contributed by atoms with Gasteiger partial charge in [0.05, 0.1) is 6.04 Å². The highest BCUT2D eigenvalue weighted by Crippen LogP contribution is 2.32. The fourth-order valence-corrected chi connectivity index (χ4v) is 2.33. The van der Waals surface area contributed by atoms with Crippen molar-refractivity contribution < 1.29 is 4.74 Å². The van der Waals surface area contributed by atoms with Crippen LogP contribution in [0, 0.1) is 0 Å². The molecule has 0 spiro atoms. The Kier molecular flexibility index (Phi) is 2.02. The summed E-state index contributed by atoms with van der Waals surface area (Å²) in [5.74, 6) is 1.94. The molecule has 3 heterocycles. The van der Waals surface area contributed by atoms with Crippen molar-refractivity contribution in [3.63, 3.8) is 0 Å². The number of hydrogen-bond donors (Lipinski definition) is 0. The van der Waals surface area contributed by atoms with Crippen LogP contribution in [0.4, 0.5) is 5.82 Å². The van der Waals surface area contributed by atoms with Gasteiger partial charge in [-0.05, 0) is 19.2 Å². The Morgan fingerprint density at radius 3 is 3.33 bits per heavy atom. The quantitative estimate of drug-likeness (QED) is 0.620. The van der Waals surface area contributed by atoms with Gasteiger partial charge in [-0.2, -0.15) is 0 Å². The average molecular weight is 205 g/mol. The fraction of sp³-hybridized carbons (Fsp3) is 0.545. The zero-order valence-electron chi connectivity index (χ0n) is 8.89. The van der Waals surface area contributed by atoms with Crippen LogP contribution in [0.5, 0.6) is 5.75 Å². The van der Waals surface area contributed by atoms with Gasteiger partial charge in [0.2, 0.25) is 0 Å². The van der Waals surface area contributed by atoms with E-state index in [4.69, 9.17) is 4.74 Å². The second-order valence-electron chi connectivity index (χ2n) is 4.25. The monoisotopic (exact) mass is 205 g/mol. The lowest BCUT2D eigenvalue weighted by atomic mass is 10.1. The van der Waals surface area contributed by atoms with Crippen LogP contribution in [0.1, 0.15) is 0 Å². The summed E-state index contributed by atoms with van der Waals surface area (Å²) in [6.07, 6.45) is 1.84. The van der Waals surface area contributed by atoms with Crippen molar-refractivity contribution in [1.82, 2.24) is 9.88 Å². The highest BCUT2D eigenvalue weighted by Gasteiger charge is 2.32. The average Bonchev–Trinajstić information content (AvgIpc) is 2.28. The molecular formula is C11H15N3O. The first-order valence-electron chi connectivity index (χ1n) is 5.37. The van der Waals surface area contributed by atoms with E-state index in [1.54, 1.807) is 0 Å². The molecule has 1 atom stereocenters. The lowest BCUT2D eigenvalue weighted by molar-refractivity contribution is 0.186. The molecule has 0 radical (unpaired) electrons. The third-order valence-corrected chi connectivity index (χ3v) is 3.14. The summed E-state index contributed by atoms with van der Waals surface area (Å²) in [4.78, 5) is 9.13. The van der Waals surface area contributed by atoms with Crippen molar-refractivity contribution in [2.75, 3.05) is 38.2 Å². The SMILES string of the molecule is CN1CCN2c3ncccc3OCC2C1. The molecule has 1 unspecified atom stereocenters. The predicted octanol–water partition coefficient (Wildman–Crippen LogP) is 0.594. The minimum absolute atomic E-state index is 0.464. The van der Waals surface area contributed by atoms with Crippen LogP contribution in [0.25, 0.3) is 0 Å². The molecule has 1 fully saturated rings. The molecule has 1 aromatic heterocycles. The van der Waals surface area contributed by atoms with Crippen molar-refractivity contribution in [2.45, 2.75) is 6.04 Å². The van der Waals surface area contributed by atoms with Crippen molar-refractivity contribution in [3.05, 3.63) is 18.3 Å². The molecule has 0 aromatic carbocycles. The number of fused-ring (bicyclic) bond motifs is 3. The molecule has 3 rings (SSSR count). The van der Waals surface area contributed by atoms with Crippen molar-refractivity contribution in [3.8, 4) is 5.75 Å². The van der Waals surface area contributed by atoms with E-state index in [2.05, 4.69) is 21.8 Å². The second kappa shape index (κ2) is 3.38. The first-order valence-corrected chi connectivity index (χ1v) is 5.37. The van der Waals surface area contributed by atoms with Gasteiger partial charge in [0.25, 0.3) is 0 Å². The van der Waals surface area contributed by atoms with Crippen LogP contribution < -0.4 is 9.64 Å². The summed E-state index contributed by atoms with van der Waals surface area (Å²) in [6.45, 7) is 4.00. The molecule has 0 saturated carbocycles. The Bertz CT molecular complexity index is 369. The lowest BCUT2D eigenvalue weighted by Gasteiger charge is -2.43. The van der Waals surface area contributed by atoms with Crippen LogP contribution in [0.3, 0.4) is 0 Å². The number of aromatic nitrogens is 1. The summed E-state index contributed by atoms with van der Waals surface area (Å²) < 4.78 is 5.71. The van der Waals surface area contributed by atoms with E-state index in [-0.39, 0.29) is 0 Å². The topological polar surface area (TPSA) is 28.6 Å². The first kappa shape index (κ1) is 8.97. The van der Waals surface area contributed by atoms with Crippen LogP contribution in [-0.2, 0) is 0 Å². The number of rotatable bonds is 0. The maximum absolute atomic E-state index is 5.71. The minimum atomic E-state index is 0.464. The van der Waals surface area contributed by atoms with Gasteiger partial charge >= 0.3 is 0 Å². The second-order valence-corrected chi connectivity index (χ2v) is 4.25. The van der Waals surface area contributed by atoms with Crippen LogP contribution in [0.15, 0.2) is 18.3 Å². The predicted molar refractivity (Wildman–Crippen MR) is 58.4 cm³/mol. The van der Waals surface area contributed by atoms with Gasteiger partial charge in [0.15, 0.2) is 11.6 Å². The molecule has 0 N–H and O–H groups in total. The summed E-state index contributed by atoms with van der Waals surface area (Å²) in [5, 5.41) is 0. The Labute approximate surface area is 89.5 Å². The molecule has 15 heavy (non-hydrogen) atoms. The summed E-state index contributed by atoms with van der Waals surface area (Å²) >= 11 is 0. The number of likely N-dealkylation sites (N-methyl/N-ethyl adjacent to an activating group) is 1. The molecule has 2 aliphatic heterocycles. The van der Waals surface area contributed by atoms with Crippen molar-refractivity contribution >= 4 is 5.82 Å². The molecule has 80 valence electrons. The standard InChI is InChI=1S/C11H15N3O/c1-13-5-6-14-9(7-13)8-15-10-3-2-4-12-11(10)14/h2-4,9H,5-8H2,1H3. The fourth-order valence-electron chi connectivity index (χ4n) is 2.33. The van der Waals surface area contributed by atoms with Gasteiger partial charge in [-0.25, -0.2) is 4.98 Å². The highest BCUT2D eigenvalue weighted by molar-refractivity contribution is 5.55. The number of ether oxygens (including phenoxy) is 1. The van der Waals surface area contributed by atoms with Crippen molar-refractivity contribution in [1.29, 1.82) is 0 Å². The maximum atomic E-state index is 5.71. The third-order valence-electron chi connectivity index (χ3n) is 3.14. The molecule has 2 aliphatic rings. The van der Waals surface area contributed by atoms with E-state index < -0.39 is 0 Å². The van der Waals surface area contributed by atoms with Gasteiger partial charge < -0.3 is 14.5 Å². The summed E-state index contributed by atoms with van der Waals surface area (Å²) in [7, 11) is 2.16. The Hall–Kier alpha value is -1.29. The van der Waals surface area contributed by atoms with Crippen LogP contribution in [-0.4, -0.2) is 49.2 Å². The van der Waals surface area contributed by atoms with Crippen LogP contribution in [0.2, 0.25) is 0 Å². The highest BCUT2D eigenvalue weighted by atomic mass is 16.5. The van der Waals surface area contributed by atoms with E-state index >= 15 is 0 Å². The molecular weight excluding hydrogens is 190 g/mol. The molecule has 1 aromatic rings. The lowest BCUT2D eigenvalue weighted by Crippen LogP contribution is -2.56. The van der Waals surface area contributed by atoms with E-state index in [1.807, 2.05) is 18.3 Å². The van der Waals surface area contributed by atoms with Gasteiger partial charge in [0.1, 0.15) is 6.61 Å². The van der Waals surface area contributed by atoms with E-state index in [0.717, 1.165) is 37.8 Å². The number of pyridine rings is 1. The zero-order chi connectivity index (χ0) is 10.3. The number of anilines is 1. The smallest absolute Gasteiger partial charge is 0.171 e. The summed E-state index contributed by atoms with van der Waals surface area (Å²) in [6, 6.07) is 4.39.